The van der Waals surface area contributed by atoms with E-state index in [-0.39, 0.29) is 18.4 Å². The third-order valence-corrected chi connectivity index (χ3v) is 5.25. The maximum absolute atomic E-state index is 12.3. The average molecular weight is 385 g/mol. The Morgan fingerprint density at radius 1 is 1.32 bits per heavy atom. The molecule has 2 aliphatic heterocycles. The first kappa shape index (κ1) is 18.5. The number of likely N-dealkylation sites (tertiary alicyclic amines) is 1. The van der Waals surface area contributed by atoms with Crippen molar-refractivity contribution in [3.8, 4) is 0 Å². The fraction of sp³-hybridized carbons (Fsp3) is 0.529. The molecule has 2 heterocycles. The van der Waals surface area contributed by atoms with E-state index in [2.05, 4.69) is 15.3 Å². The van der Waals surface area contributed by atoms with E-state index in [0.29, 0.717) is 35.4 Å². The molecule has 3 rings (SSSR count). The Hall–Kier alpha value is -1.34. The van der Waals surface area contributed by atoms with Gasteiger partial charge in [-0.15, -0.1) is 0 Å². The molecule has 0 spiro atoms. The molecule has 0 aromatic heterocycles. The van der Waals surface area contributed by atoms with Crippen LogP contribution >= 0.6 is 23.2 Å². The molecule has 1 fully saturated rings. The number of amidine groups is 1. The van der Waals surface area contributed by atoms with E-state index in [1.165, 1.54) is 0 Å². The molecule has 136 valence electrons. The molecule has 8 heteroatoms. The Labute approximate surface area is 157 Å². The van der Waals surface area contributed by atoms with Gasteiger partial charge in [-0.25, -0.2) is 0 Å². The molecule has 1 amide bonds. The van der Waals surface area contributed by atoms with Crippen LogP contribution in [0, 0.1) is 5.92 Å². The van der Waals surface area contributed by atoms with E-state index in [1.54, 1.807) is 17.1 Å². The molecule has 2 aliphatic rings. The average Bonchev–Trinajstić information content (AvgIpc) is 3.05. The summed E-state index contributed by atoms with van der Waals surface area (Å²) in [5.41, 5.74) is 0.848. The van der Waals surface area contributed by atoms with Crippen LogP contribution in [0.3, 0.4) is 0 Å². The minimum Gasteiger partial charge on any atom is -0.396 e. The van der Waals surface area contributed by atoms with Gasteiger partial charge < -0.3 is 10.4 Å². The van der Waals surface area contributed by atoms with Gasteiger partial charge in [-0.3, -0.25) is 14.7 Å². The lowest BCUT2D eigenvalue weighted by Gasteiger charge is -2.31. The van der Waals surface area contributed by atoms with Crippen molar-refractivity contribution in [3.05, 3.63) is 28.2 Å². The number of nitrogens with one attached hydrogen (secondary N) is 1. The first-order valence-electron chi connectivity index (χ1n) is 8.48. The lowest BCUT2D eigenvalue weighted by Crippen LogP contribution is -2.44. The molecule has 1 aromatic carbocycles. The number of carbonyl (C=O) groups is 1. The van der Waals surface area contributed by atoms with E-state index >= 15 is 0 Å². The maximum Gasteiger partial charge on any atom is 0.239 e. The van der Waals surface area contributed by atoms with Crippen molar-refractivity contribution in [2.24, 2.45) is 11.0 Å². The van der Waals surface area contributed by atoms with E-state index < -0.39 is 0 Å². The highest BCUT2D eigenvalue weighted by Crippen LogP contribution is 2.28. The summed E-state index contributed by atoms with van der Waals surface area (Å²) in [6, 6.07) is 5.35. The lowest BCUT2D eigenvalue weighted by molar-refractivity contribution is -0.121. The molecule has 1 aromatic rings. The normalized spacial score (nSPS) is 21.3. The molecule has 2 N–H and O–H groups in total. The molecule has 0 radical (unpaired) electrons. The van der Waals surface area contributed by atoms with Gasteiger partial charge in [-0.05, 0) is 43.5 Å². The number of halogens is 2. The van der Waals surface area contributed by atoms with Crippen molar-refractivity contribution in [1.82, 2.24) is 10.2 Å². The highest BCUT2D eigenvalue weighted by molar-refractivity contribution is 6.42. The number of benzene rings is 1. The molecule has 0 saturated carbocycles. The second-order valence-electron chi connectivity index (χ2n) is 6.49. The molecule has 0 bridgehead atoms. The van der Waals surface area contributed by atoms with Gasteiger partial charge in [0.15, 0.2) is 0 Å². The van der Waals surface area contributed by atoms with Crippen LogP contribution in [-0.4, -0.2) is 54.5 Å². The summed E-state index contributed by atoms with van der Waals surface area (Å²) < 4.78 is 0. The van der Waals surface area contributed by atoms with E-state index in [9.17, 15) is 9.90 Å². The number of nitrogens with zero attached hydrogens (tertiary/aromatic N) is 3. The van der Waals surface area contributed by atoms with Gasteiger partial charge in [0.2, 0.25) is 5.91 Å². The van der Waals surface area contributed by atoms with Crippen LogP contribution in [0.5, 0.6) is 0 Å². The Bertz CT molecular complexity index is 668. The number of aliphatic hydroxyl groups is 1. The first-order chi connectivity index (χ1) is 12.0. The summed E-state index contributed by atoms with van der Waals surface area (Å²) in [6.07, 6.45) is 2.72. The zero-order valence-corrected chi connectivity index (χ0v) is 15.4. The second-order valence-corrected chi connectivity index (χ2v) is 7.31. The molecule has 1 atom stereocenters. The molecular weight excluding hydrogens is 363 g/mol. The summed E-state index contributed by atoms with van der Waals surface area (Å²) in [4.78, 5) is 14.3. The van der Waals surface area contributed by atoms with Crippen molar-refractivity contribution in [3.63, 3.8) is 0 Å². The third kappa shape index (κ3) is 4.85. The first-order valence-corrected chi connectivity index (χ1v) is 9.24. The molecule has 1 saturated heterocycles. The SMILES string of the molecule is O=C(CN1CCCC(CO)C1)NC1=NN(c2ccc(Cl)c(Cl)c2)CC1. The summed E-state index contributed by atoms with van der Waals surface area (Å²) in [7, 11) is 0. The van der Waals surface area contributed by atoms with Crippen LogP contribution in [0.1, 0.15) is 19.3 Å². The summed E-state index contributed by atoms with van der Waals surface area (Å²) in [6.45, 7) is 2.87. The van der Waals surface area contributed by atoms with Gasteiger partial charge in [0.05, 0.1) is 22.3 Å². The van der Waals surface area contributed by atoms with Crippen molar-refractivity contribution >= 4 is 40.6 Å². The number of rotatable bonds is 4. The summed E-state index contributed by atoms with van der Waals surface area (Å²) in [5, 5.41) is 19.4. The zero-order valence-electron chi connectivity index (χ0n) is 13.9. The Morgan fingerprint density at radius 2 is 2.16 bits per heavy atom. The standard InChI is InChI=1S/C17H22Cl2N4O2/c18-14-4-3-13(8-15(14)19)23-7-5-16(21-23)20-17(25)10-22-6-1-2-12(9-22)11-24/h3-4,8,12,24H,1-2,5-7,9-11H2,(H,20,21,25). The zero-order chi connectivity index (χ0) is 17.8. The molecule has 1 unspecified atom stereocenters. The maximum atomic E-state index is 12.3. The number of aliphatic hydroxyl groups excluding tert-OH is 1. The van der Waals surface area contributed by atoms with Gasteiger partial charge in [-0.2, -0.15) is 5.10 Å². The van der Waals surface area contributed by atoms with E-state index in [4.69, 9.17) is 23.2 Å². The molecule has 6 nitrogen and oxygen atoms in total. The predicted molar refractivity (Wildman–Crippen MR) is 100 cm³/mol. The highest BCUT2D eigenvalue weighted by Gasteiger charge is 2.23. The minimum absolute atomic E-state index is 0.0617. The molecule has 25 heavy (non-hydrogen) atoms. The largest absolute Gasteiger partial charge is 0.396 e. The fourth-order valence-electron chi connectivity index (χ4n) is 3.22. The summed E-state index contributed by atoms with van der Waals surface area (Å²) >= 11 is 12.0. The fourth-order valence-corrected chi connectivity index (χ4v) is 3.52. The van der Waals surface area contributed by atoms with Crippen molar-refractivity contribution in [2.75, 3.05) is 37.8 Å². The van der Waals surface area contributed by atoms with Gasteiger partial charge in [0.25, 0.3) is 0 Å². The van der Waals surface area contributed by atoms with Crippen molar-refractivity contribution in [1.29, 1.82) is 0 Å². The number of amides is 1. The third-order valence-electron chi connectivity index (χ3n) is 4.52. The second kappa shape index (κ2) is 8.36. The quantitative estimate of drug-likeness (QED) is 0.835. The van der Waals surface area contributed by atoms with Crippen LogP contribution in [0.25, 0.3) is 0 Å². The topological polar surface area (TPSA) is 68.2 Å². The Balaban J connectivity index is 1.54. The number of hydrogen-bond acceptors (Lipinski definition) is 5. The Morgan fingerprint density at radius 3 is 2.92 bits per heavy atom. The van der Waals surface area contributed by atoms with Gasteiger partial charge in [0, 0.05) is 26.1 Å². The molecular formula is C17H22Cl2N4O2. The van der Waals surface area contributed by atoms with Crippen LogP contribution in [0.4, 0.5) is 5.69 Å². The predicted octanol–water partition coefficient (Wildman–Crippen LogP) is 2.34. The van der Waals surface area contributed by atoms with Crippen molar-refractivity contribution < 1.29 is 9.90 Å². The number of piperidine rings is 1. The van der Waals surface area contributed by atoms with Gasteiger partial charge >= 0.3 is 0 Å². The number of hydrazone groups is 1. The van der Waals surface area contributed by atoms with Crippen LogP contribution in [-0.2, 0) is 4.79 Å². The summed E-state index contributed by atoms with van der Waals surface area (Å²) in [5.74, 6) is 0.871. The van der Waals surface area contributed by atoms with Crippen molar-refractivity contribution in [2.45, 2.75) is 19.3 Å². The smallest absolute Gasteiger partial charge is 0.239 e. The highest BCUT2D eigenvalue weighted by atomic mass is 35.5. The monoisotopic (exact) mass is 384 g/mol. The minimum atomic E-state index is -0.0617. The number of hydrogen-bond donors (Lipinski definition) is 2. The van der Waals surface area contributed by atoms with Crippen LogP contribution < -0.4 is 10.3 Å². The lowest BCUT2D eigenvalue weighted by atomic mass is 9.99. The Kier molecular flexibility index (Phi) is 6.17. The van der Waals surface area contributed by atoms with E-state index in [0.717, 1.165) is 31.6 Å². The van der Waals surface area contributed by atoms with Crippen LogP contribution in [0.15, 0.2) is 23.3 Å². The number of anilines is 1. The van der Waals surface area contributed by atoms with Gasteiger partial charge in [0.1, 0.15) is 5.84 Å². The van der Waals surface area contributed by atoms with Crippen LogP contribution in [0.2, 0.25) is 10.0 Å². The molecule has 0 aliphatic carbocycles. The van der Waals surface area contributed by atoms with E-state index in [1.807, 2.05) is 6.07 Å². The van der Waals surface area contributed by atoms with Gasteiger partial charge in [-0.1, -0.05) is 23.2 Å². The number of carbonyl (C=O) groups excluding carboxylic acids is 1.